The van der Waals surface area contributed by atoms with Gasteiger partial charge in [-0.05, 0) is 37.1 Å². The first-order valence-corrected chi connectivity index (χ1v) is 6.50. The second-order valence-electron chi connectivity index (χ2n) is 6.33. The van der Waals surface area contributed by atoms with Gasteiger partial charge in [-0.25, -0.2) is 0 Å². The summed E-state index contributed by atoms with van der Waals surface area (Å²) in [5.41, 5.74) is 0.946. The first-order valence-electron chi connectivity index (χ1n) is 6.50. The Bertz CT molecular complexity index is 223. The molecule has 1 heterocycles. The van der Waals surface area contributed by atoms with E-state index in [4.69, 9.17) is 0 Å². The number of hydrogen-bond acceptors (Lipinski definition) is 1. The normalized spacial score (nSPS) is 42.8. The summed E-state index contributed by atoms with van der Waals surface area (Å²) in [7, 11) is 2.28. The van der Waals surface area contributed by atoms with Crippen LogP contribution < -0.4 is 0 Å². The largest absolute Gasteiger partial charge is 0.303 e. The molecule has 0 aromatic heterocycles. The topological polar surface area (TPSA) is 3.24 Å². The maximum atomic E-state index is 2.55. The summed E-state index contributed by atoms with van der Waals surface area (Å²) in [5, 5.41) is 0. The van der Waals surface area contributed by atoms with Crippen molar-refractivity contribution < 1.29 is 0 Å². The maximum absolute atomic E-state index is 2.55. The number of likely N-dealkylation sites (tertiary alicyclic amines) is 1. The zero-order valence-electron chi connectivity index (χ0n) is 11.7. The van der Waals surface area contributed by atoms with Gasteiger partial charge in [0.05, 0.1) is 0 Å². The minimum absolute atomic E-state index is 0.469. The predicted molar refractivity (Wildman–Crippen MR) is 68.1 cm³/mol. The average molecular weight is 211 g/mol. The van der Waals surface area contributed by atoms with Gasteiger partial charge in [-0.15, -0.1) is 0 Å². The fourth-order valence-electron chi connectivity index (χ4n) is 3.66. The monoisotopic (exact) mass is 211 g/mol. The summed E-state index contributed by atoms with van der Waals surface area (Å²) >= 11 is 0. The summed E-state index contributed by atoms with van der Waals surface area (Å²) in [6.45, 7) is 15.8. The molecule has 0 spiro atoms. The van der Waals surface area contributed by atoms with E-state index in [0.717, 1.165) is 5.92 Å². The van der Waals surface area contributed by atoms with Crippen LogP contribution in [0.15, 0.2) is 0 Å². The molecule has 1 nitrogen and oxygen atoms in total. The summed E-state index contributed by atoms with van der Waals surface area (Å²) in [6, 6.07) is 0.713. The van der Waals surface area contributed by atoms with Crippen molar-refractivity contribution in [3.8, 4) is 0 Å². The highest BCUT2D eigenvalue weighted by atomic mass is 15.2. The Morgan fingerprint density at radius 1 is 1.33 bits per heavy atom. The third-order valence-corrected chi connectivity index (χ3v) is 5.51. The van der Waals surface area contributed by atoms with Crippen molar-refractivity contribution in [1.29, 1.82) is 0 Å². The van der Waals surface area contributed by atoms with Crippen molar-refractivity contribution >= 4 is 0 Å². The molecule has 1 heteroatoms. The van der Waals surface area contributed by atoms with Crippen molar-refractivity contribution in [2.45, 2.75) is 60.4 Å². The van der Waals surface area contributed by atoms with Gasteiger partial charge in [0.25, 0.3) is 0 Å². The number of hydrogen-bond donors (Lipinski definition) is 0. The van der Waals surface area contributed by atoms with Gasteiger partial charge in [0.1, 0.15) is 0 Å². The van der Waals surface area contributed by atoms with E-state index >= 15 is 0 Å². The minimum atomic E-state index is 0.469. The Labute approximate surface area is 96.2 Å². The standard InChI is InChI=1S/C14H29N/c1-8-9-13(5)12(4)15(7)10-14(13,6)11(2)3/h11-12H,8-10H2,1-7H3. The molecule has 3 atom stereocenters. The second-order valence-corrected chi connectivity index (χ2v) is 6.33. The Morgan fingerprint density at radius 3 is 2.27 bits per heavy atom. The molecule has 0 aliphatic carbocycles. The summed E-state index contributed by atoms with van der Waals surface area (Å²) < 4.78 is 0. The maximum Gasteiger partial charge on any atom is 0.0124 e. The van der Waals surface area contributed by atoms with Crippen LogP contribution in [0.2, 0.25) is 0 Å². The SMILES string of the molecule is CCCC1(C)C(C)N(C)CC1(C)C(C)C. The first kappa shape index (κ1) is 13.0. The Balaban J connectivity index is 3.06. The van der Waals surface area contributed by atoms with Gasteiger partial charge in [0.2, 0.25) is 0 Å². The molecule has 1 aliphatic rings. The average Bonchev–Trinajstić information content (AvgIpc) is 2.30. The van der Waals surface area contributed by atoms with Gasteiger partial charge in [0, 0.05) is 12.6 Å². The van der Waals surface area contributed by atoms with Crippen molar-refractivity contribution in [2.75, 3.05) is 13.6 Å². The Hall–Kier alpha value is -0.0400. The molecule has 0 bridgehead atoms. The molecule has 0 amide bonds. The van der Waals surface area contributed by atoms with E-state index in [1.165, 1.54) is 19.4 Å². The van der Waals surface area contributed by atoms with Gasteiger partial charge >= 0.3 is 0 Å². The van der Waals surface area contributed by atoms with Crippen molar-refractivity contribution in [3.05, 3.63) is 0 Å². The molecular formula is C14H29N. The van der Waals surface area contributed by atoms with E-state index in [9.17, 15) is 0 Å². The predicted octanol–water partition coefficient (Wildman–Crippen LogP) is 3.79. The summed E-state index contributed by atoms with van der Waals surface area (Å²) in [5.74, 6) is 0.765. The van der Waals surface area contributed by atoms with Crippen LogP contribution in [0.4, 0.5) is 0 Å². The quantitative estimate of drug-likeness (QED) is 0.686. The lowest BCUT2D eigenvalue weighted by Crippen LogP contribution is -2.43. The van der Waals surface area contributed by atoms with Gasteiger partial charge in [-0.2, -0.15) is 0 Å². The van der Waals surface area contributed by atoms with Crippen LogP contribution in [0.5, 0.6) is 0 Å². The van der Waals surface area contributed by atoms with Crippen LogP contribution >= 0.6 is 0 Å². The molecule has 0 radical (unpaired) electrons. The molecule has 1 aliphatic heterocycles. The Kier molecular flexibility index (Phi) is 3.55. The number of rotatable bonds is 3. The van der Waals surface area contributed by atoms with Crippen LogP contribution in [0.1, 0.15) is 54.4 Å². The fraction of sp³-hybridized carbons (Fsp3) is 1.00. The van der Waals surface area contributed by atoms with E-state index < -0.39 is 0 Å². The van der Waals surface area contributed by atoms with Crippen LogP contribution in [0.3, 0.4) is 0 Å². The molecule has 1 fully saturated rings. The zero-order chi connectivity index (χ0) is 11.9. The van der Waals surface area contributed by atoms with Crippen LogP contribution in [0.25, 0.3) is 0 Å². The van der Waals surface area contributed by atoms with Gasteiger partial charge in [0.15, 0.2) is 0 Å². The van der Waals surface area contributed by atoms with E-state index in [1.807, 2.05) is 0 Å². The first-order chi connectivity index (χ1) is 6.79. The Morgan fingerprint density at radius 2 is 1.87 bits per heavy atom. The zero-order valence-corrected chi connectivity index (χ0v) is 11.7. The molecule has 0 aromatic rings. The van der Waals surface area contributed by atoms with Gasteiger partial charge in [-0.3, -0.25) is 0 Å². The third kappa shape index (κ3) is 1.73. The second kappa shape index (κ2) is 4.08. The van der Waals surface area contributed by atoms with Crippen LogP contribution in [0, 0.1) is 16.7 Å². The fourth-order valence-corrected chi connectivity index (χ4v) is 3.66. The van der Waals surface area contributed by atoms with E-state index in [1.54, 1.807) is 0 Å². The highest BCUT2D eigenvalue weighted by Crippen LogP contribution is 2.56. The summed E-state index contributed by atoms with van der Waals surface area (Å²) in [4.78, 5) is 2.55. The van der Waals surface area contributed by atoms with E-state index in [0.29, 0.717) is 16.9 Å². The van der Waals surface area contributed by atoms with E-state index in [-0.39, 0.29) is 0 Å². The smallest absolute Gasteiger partial charge is 0.0124 e. The molecule has 3 unspecified atom stereocenters. The van der Waals surface area contributed by atoms with Gasteiger partial charge < -0.3 is 4.90 Å². The lowest BCUT2D eigenvalue weighted by Gasteiger charge is -2.46. The molecule has 90 valence electrons. The highest BCUT2D eigenvalue weighted by molar-refractivity contribution is 5.06. The molecule has 15 heavy (non-hydrogen) atoms. The van der Waals surface area contributed by atoms with Crippen molar-refractivity contribution in [3.63, 3.8) is 0 Å². The van der Waals surface area contributed by atoms with Gasteiger partial charge in [-0.1, -0.05) is 41.0 Å². The molecule has 1 rings (SSSR count). The van der Waals surface area contributed by atoms with Crippen molar-refractivity contribution in [1.82, 2.24) is 4.90 Å². The minimum Gasteiger partial charge on any atom is -0.303 e. The highest BCUT2D eigenvalue weighted by Gasteiger charge is 2.55. The van der Waals surface area contributed by atoms with Crippen LogP contribution in [-0.2, 0) is 0 Å². The van der Waals surface area contributed by atoms with Crippen LogP contribution in [-0.4, -0.2) is 24.5 Å². The lowest BCUT2D eigenvalue weighted by atomic mass is 9.58. The molecular weight excluding hydrogens is 182 g/mol. The molecule has 0 N–H and O–H groups in total. The third-order valence-electron chi connectivity index (χ3n) is 5.51. The molecule has 0 aromatic carbocycles. The van der Waals surface area contributed by atoms with E-state index in [2.05, 4.69) is 53.5 Å². The lowest BCUT2D eigenvalue weighted by molar-refractivity contribution is 0.0474. The summed E-state index contributed by atoms with van der Waals surface area (Å²) in [6.07, 6.45) is 2.66. The molecule has 1 saturated heterocycles. The van der Waals surface area contributed by atoms with Crippen molar-refractivity contribution in [2.24, 2.45) is 16.7 Å². The molecule has 0 saturated carbocycles. The number of nitrogens with zero attached hydrogens (tertiary/aromatic N) is 1.